The minimum atomic E-state index is -0.194. The molecule has 2 aromatic rings. The van der Waals surface area contributed by atoms with E-state index in [0.717, 1.165) is 30.8 Å². The molecule has 23 heavy (non-hydrogen) atoms. The van der Waals surface area contributed by atoms with Crippen molar-refractivity contribution in [3.63, 3.8) is 0 Å². The number of hydrogen-bond donors (Lipinski definition) is 1. The molecule has 0 radical (unpaired) electrons. The molecule has 1 N–H and O–H groups in total. The first kappa shape index (κ1) is 15.7. The van der Waals surface area contributed by atoms with Gasteiger partial charge in [-0.1, -0.05) is 6.92 Å². The maximum atomic E-state index is 12.6. The molecule has 0 aliphatic carbocycles. The predicted molar refractivity (Wildman–Crippen MR) is 86.1 cm³/mol. The number of pyridine rings is 1. The van der Waals surface area contributed by atoms with Gasteiger partial charge in [0.1, 0.15) is 11.9 Å². The molecule has 1 aliphatic heterocycles. The zero-order valence-corrected chi connectivity index (χ0v) is 13.5. The molecule has 2 atom stereocenters. The van der Waals surface area contributed by atoms with Crippen molar-refractivity contribution in [2.75, 3.05) is 6.61 Å². The molecule has 0 aromatic carbocycles. The maximum Gasteiger partial charge on any atom is 0.251 e. The molecule has 6 nitrogen and oxygen atoms in total. The average Bonchev–Trinajstić information content (AvgIpc) is 3.22. The Balaban J connectivity index is 1.77. The number of imidazole rings is 1. The summed E-state index contributed by atoms with van der Waals surface area (Å²) in [7, 11) is 0. The van der Waals surface area contributed by atoms with E-state index in [1.54, 1.807) is 24.7 Å². The molecule has 0 saturated carbocycles. The lowest BCUT2D eigenvalue weighted by atomic mass is 10.1. The van der Waals surface area contributed by atoms with Crippen LogP contribution in [0.15, 0.2) is 30.9 Å². The molecule has 0 spiro atoms. The molecule has 1 aliphatic rings. The smallest absolute Gasteiger partial charge is 0.251 e. The second kappa shape index (κ2) is 6.91. The van der Waals surface area contributed by atoms with Gasteiger partial charge in [-0.05, 0) is 31.4 Å². The van der Waals surface area contributed by atoms with Crippen LogP contribution in [0.4, 0.5) is 0 Å². The fraction of sp³-hybridized carbons (Fsp3) is 0.471. The van der Waals surface area contributed by atoms with Gasteiger partial charge >= 0.3 is 0 Å². The molecule has 122 valence electrons. The minimum absolute atomic E-state index is 0.0620. The number of rotatable bonds is 5. The van der Waals surface area contributed by atoms with Crippen molar-refractivity contribution >= 4 is 5.91 Å². The Kier molecular flexibility index (Phi) is 4.71. The van der Waals surface area contributed by atoms with Crippen LogP contribution in [0.2, 0.25) is 0 Å². The predicted octanol–water partition coefficient (Wildman–Crippen LogP) is 2.12. The van der Waals surface area contributed by atoms with E-state index >= 15 is 0 Å². The first-order valence-corrected chi connectivity index (χ1v) is 8.11. The van der Waals surface area contributed by atoms with Crippen LogP contribution >= 0.6 is 0 Å². The van der Waals surface area contributed by atoms with Crippen molar-refractivity contribution < 1.29 is 9.53 Å². The van der Waals surface area contributed by atoms with Crippen molar-refractivity contribution in [1.29, 1.82) is 0 Å². The van der Waals surface area contributed by atoms with E-state index in [2.05, 4.69) is 26.8 Å². The summed E-state index contributed by atoms with van der Waals surface area (Å²) in [5.41, 5.74) is 1.64. The number of amides is 1. The normalized spacial score (nSPS) is 20.6. The monoisotopic (exact) mass is 314 g/mol. The fourth-order valence-electron chi connectivity index (χ4n) is 3.01. The van der Waals surface area contributed by atoms with Gasteiger partial charge in [0.15, 0.2) is 0 Å². The van der Waals surface area contributed by atoms with Crippen LogP contribution in [0, 0.1) is 0 Å². The molecule has 0 bridgehead atoms. The Bertz CT molecular complexity index is 683. The summed E-state index contributed by atoms with van der Waals surface area (Å²) in [5.74, 6) is 0.806. The van der Waals surface area contributed by atoms with E-state index in [9.17, 15) is 4.79 Å². The van der Waals surface area contributed by atoms with E-state index in [-0.39, 0.29) is 18.1 Å². The summed E-state index contributed by atoms with van der Waals surface area (Å²) in [4.78, 5) is 21.1. The van der Waals surface area contributed by atoms with E-state index < -0.39 is 0 Å². The van der Waals surface area contributed by atoms with Gasteiger partial charge in [0, 0.05) is 43.5 Å². The van der Waals surface area contributed by atoms with Crippen molar-refractivity contribution in [2.45, 2.75) is 45.4 Å². The van der Waals surface area contributed by atoms with E-state index in [1.165, 1.54) is 0 Å². The molecule has 0 unspecified atom stereocenters. The average molecular weight is 314 g/mol. The summed E-state index contributed by atoms with van der Waals surface area (Å²) < 4.78 is 7.89. The number of carbonyl (C=O) groups is 1. The summed E-state index contributed by atoms with van der Waals surface area (Å²) in [6.45, 7) is 5.55. The Morgan fingerprint density at radius 3 is 3.09 bits per heavy atom. The van der Waals surface area contributed by atoms with Crippen LogP contribution in [-0.2, 0) is 17.7 Å². The lowest BCUT2D eigenvalue weighted by Gasteiger charge is -2.20. The Hall–Kier alpha value is -2.21. The summed E-state index contributed by atoms with van der Waals surface area (Å²) in [6, 6.07) is 1.71. The highest BCUT2D eigenvalue weighted by molar-refractivity contribution is 5.95. The van der Waals surface area contributed by atoms with Gasteiger partial charge in [-0.2, -0.15) is 0 Å². The highest BCUT2D eigenvalue weighted by Crippen LogP contribution is 2.28. The number of aryl methyl sites for hydroxylation is 2. The molecule has 1 fully saturated rings. The van der Waals surface area contributed by atoms with Crippen LogP contribution in [-0.4, -0.2) is 33.1 Å². The van der Waals surface area contributed by atoms with Crippen LogP contribution in [0.25, 0.3) is 0 Å². The first-order chi connectivity index (χ1) is 11.2. The minimum Gasteiger partial charge on any atom is -0.368 e. The molecule has 3 rings (SSSR count). The van der Waals surface area contributed by atoms with Crippen molar-refractivity contribution in [3.8, 4) is 0 Å². The van der Waals surface area contributed by atoms with Crippen molar-refractivity contribution in [3.05, 3.63) is 47.8 Å². The zero-order chi connectivity index (χ0) is 16.2. The van der Waals surface area contributed by atoms with Gasteiger partial charge in [-0.25, -0.2) is 4.98 Å². The molecular formula is C17H22N4O2. The van der Waals surface area contributed by atoms with Gasteiger partial charge in [-0.15, -0.1) is 0 Å². The summed E-state index contributed by atoms with van der Waals surface area (Å²) in [5, 5.41) is 3.11. The third-order valence-corrected chi connectivity index (χ3v) is 4.28. The highest BCUT2D eigenvalue weighted by Gasteiger charge is 2.34. The number of nitrogens with zero attached hydrogens (tertiary/aromatic N) is 3. The van der Waals surface area contributed by atoms with Crippen LogP contribution in [0.5, 0.6) is 0 Å². The van der Waals surface area contributed by atoms with Gasteiger partial charge < -0.3 is 14.6 Å². The molecule has 1 amide bonds. The fourth-order valence-corrected chi connectivity index (χ4v) is 3.01. The Labute approximate surface area is 135 Å². The molecule has 1 saturated heterocycles. The molecule has 3 heterocycles. The first-order valence-electron chi connectivity index (χ1n) is 8.11. The number of nitrogens with one attached hydrogen (secondary N) is 1. The molecule has 2 aromatic heterocycles. The second-order valence-electron chi connectivity index (χ2n) is 5.62. The maximum absolute atomic E-state index is 12.6. The summed E-state index contributed by atoms with van der Waals surface area (Å²) in [6.07, 6.45) is 8.49. The summed E-state index contributed by atoms with van der Waals surface area (Å²) >= 11 is 0. The SMILES string of the molecule is CCc1cnccc1C(=O)N[C@H]1CCO[C@@H]1c1nccn1CC. The lowest BCUT2D eigenvalue weighted by molar-refractivity contribution is 0.0775. The van der Waals surface area contributed by atoms with Gasteiger partial charge in [0.25, 0.3) is 5.91 Å². The van der Waals surface area contributed by atoms with E-state index in [4.69, 9.17) is 4.74 Å². The van der Waals surface area contributed by atoms with Crippen molar-refractivity contribution in [2.24, 2.45) is 0 Å². The number of hydrogen-bond acceptors (Lipinski definition) is 4. The van der Waals surface area contributed by atoms with Gasteiger partial charge in [0.2, 0.25) is 0 Å². The largest absolute Gasteiger partial charge is 0.368 e. The lowest BCUT2D eigenvalue weighted by Crippen LogP contribution is -2.38. The third kappa shape index (κ3) is 3.12. The van der Waals surface area contributed by atoms with E-state index in [1.807, 2.05) is 13.1 Å². The van der Waals surface area contributed by atoms with Crippen molar-refractivity contribution in [1.82, 2.24) is 19.9 Å². The van der Waals surface area contributed by atoms with E-state index in [0.29, 0.717) is 12.2 Å². The van der Waals surface area contributed by atoms with Crippen LogP contribution < -0.4 is 5.32 Å². The topological polar surface area (TPSA) is 69.0 Å². The zero-order valence-electron chi connectivity index (χ0n) is 13.5. The second-order valence-corrected chi connectivity index (χ2v) is 5.62. The molecule has 6 heteroatoms. The van der Waals surface area contributed by atoms with Gasteiger partial charge in [0.05, 0.1) is 6.04 Å². The van der Waals surface area contributed by atoms with Crippen LogP contribution in [0.1, 0.15) is 48.1 Å². The Morgan fingerprint density at radius 2 is 2.30 bits per heavy atom. The Morgan fingerprint density at radius 1 is 1.43 bits per heavy atom. The van der Waals surface area contributed by atoms with Crippen LogP contribution in [0.3, 0.4) is 0 Å². The standard InChI is InChI=1S/C17H22N4O2/c1-3-12-11-18-7-5-13(12)17(22)20-14-6-10-23-15(14)16-19-8-9-21(16)4-2/h5,7-9,11,14-15H,3-4,6,10H2,1-2H3,(H,20,22)/t14-,15-/m0/s1. The number of carbonyl (C=O) groups excluding carboxylic acids is 1. The number of ether oxygens (including phenoxy) is 1. The quantitative estimate of drug-likeness (QED) is 0.918. The molecular weight excluding hydrogens is 292 g/mol. The highest BCUT2D eigenvalue weighted by atomic mass is 16.5. The van der Waals surface area contributed by atoms with Gasteiger partial charge in [-0.3, -0.25) is 9.78 Å². The number of aromatic nitrogens is 3. The third-order valence-electron chi connectivity index (χ3n) is 4.28.